The molecule has 0 spiro atoms. The van der Waals surface area contributed by atoms with Crippen molar-refractivity contribution in [2.45, 2.75) is 26.4 Å². The van der Waals surface area contributed by atoms with Crippen molar-refractivity contribution in [3.63, 3.8) is 0 Å². The third-order valence-electron chi connectivity index (χ3n) is 2.49. The molecule has 0 aliphatic carbocycles. The monoisotopic (exact) mass is 129 g/mol. The topological polar surface area (TPSA) is 35.2 Å². The van der Waals surface area contributed by atoms with E-state index in [1.54, 1.807) is 0 Å². The zero-order valence-corrected chi connectivity index (χ0v) is 6.18. The average molecular weight is 129 g/mol. The second-order valence-corrected chi connectivity index (χ2v) is 3.12. The van der Waals surface area contributed by atoms with Crippen LogP contribution in [0.15, 0.2) is 0 Å². The van der Waals surface area contributed by atoms with Crippen molar-refractivity contribution in [3.8, 4) is 0 Å². The lowest BCUT2D eigenvalue weighted by atomic mass is 9.84. The third-order valence-corrected chi connectivity index (χ3v) is 2.49. The molecular weight excluding hydrogens is 114 g/mol. The highest BCUT2D eigenvalue weighted by atomic mass is 16.5. The maximum absolute atomic E-state index is 5.58. The normalized spacial score (nSPS) is 43.7. The van der Waals surface area contributed by atoms with Gasteiger partial charge >= 0.3 is 0 Å². The van der Waals surface area contributed by atoms with Gasteiger partial charge in [-0.15, -0.1) is 0 Å². The predicted octanol–water partition coefficient (Wildman–Crippen LogP) is 0.760. The van der Waals surface area contributed by atoms with Crippen molar-refractivity contribution in [1.82, 2.24) is 0 Å². The number of ether oxygens (including phenoxy) is 1. The second-order valence-electron chi connectivity index (χ2n) is 3.12. The van der Waals surface area contributed by atoms with Crippen LogP contribution in [0.25, 0.3) is 0 Å². The Hall–Kier alpha value is -0.0800. The van der Waals surface area contributed by atoms with Crippen LogP contribution in [0.1, 0.15) is 20.3 Å². The molecule has 1 aliphatic heterocycles. The quantitative estimate of drug-likeness (QED) is 0.567. The minimum atomic E-state index is 0.250. The molecule has 54 valence electrons. The van der Waals surface area contributed by atoms with Crippen molar-refractivity contribution >= 4 is 0 Å². The van der Waals surface area contributed by atoms with Gasteiger partial charge < -0.3 is 10.5 Å². The SMILES string of the molecule is C[C@H]1OCC[C@]1(C)CN. The summed E-state index contributed by atoms with van der Waals surface area (Å²) in [5.74, 6) is 0. The highest BCUT2D eigenvalue weighted by Crippen LogP contribution is 2.32. The van der Waals surface area contributed by atoms with Crippen LogP contribution in [0.2, 0.25) is 0 Å². The van der Waals surface area contributed by atoms with E-state index in [0.717, 1.165) is 19.6 Å². The lowest BCUT2D eigenvalue weighted by molar-refractivity contribution is 0.0756. The first-order valence-corrected chi connectivity index (χ1v) is 3.51. The molecule has 1 fully saturated rings. The molecule has 0 saturated carbocycles. The van der Waals surface area contributed by atoms with Gasteiger partial charge in [0.05, 0.1) is 6.10 Å². The van der Waals surface area contributed by atoms with E-state index in [-0.39, 0.29) is 5.41 Å². The van der Waals surface area contributed by atoms with E-state index in [4.69, 9.17) is 10.5 Å². The molecular formula is C7H15NO. The maximum atomic E-state index is 5.58. The van der Waals surface area contributed by atoms with Crippen molar-refractivity contribution < 1.29 is 4.74 Å². The van der Waals surface area contributed by atoms with E-state index in [9.17, 15) is 0 Å². The first-order chi connectivity index (χ1) is 4.19. The maximum Gasteiger partial charge on any atom is 0.0613 e. The molecule has 0 aromatic carbocycles. The summed E-state index contributed by atoms with van der Waals surface area (Å²) in [7, 11) is 0. The minimum Gasteiger partial charge on any atom is -0.378 e. The second kappa shape index (κ2) is 2.27. The zero-order chi connectivity index (χ0) is 6.91. The number of hydrogen-bond acceptors (Lipinski definition) is 2. The Labute approximate surface area is 56.4 Å². The highest BCUT2D eigenvalue weighted by molar-refractivity contribution is 4.85. The largest absolute Gasteiger partial charge is 0.378 e. The average Bonchev–Trinajstić information content (AvgIpc) is 2.15. The minimum absolute atomic E-state index is 0.250. The molecule has 1 rings (SSSR count). The van der Waals surface area contributed by atoms with Crippen LogP contribution in [0.5, 0.6) is 0 Å². The third kappa shape index (κ3) is 1.10. The van der Waals surface area contributed by atoms with Gasteiger partial charge in [-0.1, -0.05) is 6.92 Å². The Balaban J connectivity index is 2.56. The van der Waals surface area contributed by atoms with Crippen LogP contribution in [-0.2, 0) is 4.74 Å². The van der Waals surface area contributed by atoms with Gasteiger partial charge in [0, 0.05) is 18.6 Å². The molecule has 0 amide bonds. The van der Waals surface area contributed by atoms with Crippen molar-refractivity contribution in [3.05, 3.63) is 0 Å². The molecule has 2 nitrogen and oxygen atoms in total. The van der Waals surface area contributed by atoms with Crippen molar-refractivity contribution in [2.75, 3.05) is 13.2 Å². The summed E-state index contributed by atoms with van der Waals surface area (Å²) in [6.07, 6.45) is 1.47. The molecule has 2 N–H and O–H groups in total. The fraction of sp³-hybridized carbons (Fsp3) is 1.00. The number of nitrogens with two attached hydrogens (primary N) is 1. The molecule has 1 aliphatic rings. The van der Waals surface area contributed by atoms with E-state index in [0.29, 0.717) is 6.10 Å². The Morgan fingerprint density at radius 3 is 2.67 bits per heavy atom. The fourth-order valence-electron chi connectivity index (χ4n) is 1.14. The Morgan fingerprint density at radius 1 is 1.78 bits per heavy atom. The summed E-state index contributed by atoms with van der Waals surface area (Å²) in [6, 6.07) is 0. The zero-order valence-electron chi connectivity index (χ0n) is 6.18. The molecule has 2 atom stereocenters. The van der Waals surface area contributed by atoms with Gasteiger partial charge in [0.25, 0.3) is 0 Å². The molecule has 0 unspecified atom stereocenters. The van der Waals surface area contributed by atoms with E-state index in [1.807, 2.05) is 0 Å². The van der Waals surface area contributed by atoms with Gasteiger partial charge in [-0.05, 0) is 13.3 Å². The van der Waals surface area contributed by atoms with E-state index in [2.05, 4.69) is 13.8 Å². The molecule has 1 heterocycles. The summed E-state index contributed by atoms with van der Waals surface area (Å²) < 4.78 is 5.38. The molecule has 1 saturated heterocycles. The summed E-state index contributed by atoms with van der Waals surface area (Å²) in [5.41, 5.74) is 5.83. The number of rotatable bonds is 1. The van der Waals surface area contributed by atoms with Crippen LogP contribution >= 0.6 is 0 Å². The summed E-state index contributed by atoms with van der Waals surface area (Å²) in [6.45, 7) is 5.91. The summed E-state index contributed by atoms with van der Waals surface area (Å²) >= 11 is 0. The lowest BCUT2D eigenvalue weighted by Crippen LogP contribution is -2.33. The Bertz CT molecular complexity index is 105. The van der Waals surface area contributed by atoms with Crippen LogP contribution in [0, 0.1) is 5.41 Å². The van der Waals surface area contributed by atoms with Crippen LogP contribution < -0.4 is 5.73 Å². The Kier molecular flexibility index (Phi) is 1.78. The molecule has 0 aromatic rings. The summed E-state index contributed by atoms with van der Waals surface area (Å²) in [4.78, 5) is 0. The summed E-state index contributed by atoms with van der Waals surface area (Å²) in [5, 5.41) is 0. The standard InChI is InChI=1S/C7H15NO/c1-6-7(2,5-8)3-4-9-6/h6H,3-5,8H2,1-2H3/t6-,7-/m1/s1. The van der Waals surface area contributed by atoms with Gasteiger partial charge in [0.2, 0.25) is 0 Å². The first-order valence-electron chi connectivity index (χ1n) is 3.51. The fourth-order valence-corrected chi connectivity index (χ4v) is 1.14. The van der Waals surface area contributed by atoms with Gasteiger partial charge in [0.1, 0.15) is 0 Å². The van der Waals surface area contributed by atoms with Crippen molar-refractivity contribution in [2.24, 2.45) is 11.1 Å². The number of hydrogen-bond donors (Lipinski definition) is 1. The molecule has 0 radical (unpaired) electrons. The Morgan fingerprint density at radius 2 is 2.44 bits per heavy atom. The van der Waals surface area contributed by atoms with Gasteiger partial charge in [-0.2, -0.15) is 0 Å². The molecule has 0 bridgehead atoms. The molecule has 2 heteroatoms. The highest BCUT2D eigenvalue weighted by Gasteiger charge is 2.35. The van der Waals surface area contributed by atoms with E-state index in [1.165, 1.54) is 0 Å². The molecule has 0 aromatic heterocycles. The van der Waals surface area contributed by atoms with Crippen molar-refractivity contribution in [1.29, 1.82) is 0 Å². The van der Waals surface area contributed by atoms with Crippen LogP contribution in [0.4, 0.5) is 0 Å². The van der Waals surface area contributed by atoms with Gasteiger partial charge in [-0.25, -0.2) is 0 Å². The molecule has 9 heavy (non-hydrogen) atoms. The van der Waals surface area contributed by atoms with Gasteiger partial charge in [0.15, 0.2) is 0 Å². The van der Waals surface area contributed by atoms with Crippen LogP contribution in [0.3, 0.4) is 0 Å². The first kappa shape index (κ1) is 7.03. The van der Waals surface area contributed by atoms with E-state index >= 15 is 0 Å². The van der Waals surface area contributed by atoms with Crippen LogP contribution in [-0.4, -0.2) is 19.3 Å². The predicted molar refractivity (Wildman–Crippen MR) is 37.2 cm³/mol. The van der Waals surface area contributed by atoms with Gasteiger partial charge in [-0.3, -0.25) is 0 Å². The smallest absolute Gasteiger partial charge is 0.0613 e. The lowest BCUT2D eigenvalue weighted by Gasteiger charge is -2.24. The van der Waals surface area contributed by atoms with E-state index < -0.39 is 0 Å².